The summed E-state index contributed by atoms with van der Waals surface area (Å²) in [5.74, 6) is 2.77. The third kappa shape index (κ3) is 6.88. The van der Waals surface area contributed by atoms with E-state index in [4.69, 9.17) is 20.9 Å². The van der Waals surface area contributed by atoms with E-state index in [9.17, 15) is 0 Å². The van der Waals surface area contributed by atoms with Crippen molar-refractivity contribution in [2.45, 2.75) is 26.7 Å². The first kappa shape index (κ1) is 23.6. The second-order valence-corrected chi connectivity index (χ2v) is 6.73. The fourth-order valence-electron chi connectivity index (χ4n) is 2.86. The van der Waals surface area contributed by atoms with E-state index in [1.807, 2.05) is 50.1 Å². The Morgan fingerprint density at radius 3 is 2.56 bits per heavy atom. The lowest BCUT2D eigenvalue weighted by atomic mass is 10.00. The van der Waals surface area contributed by atoms with E-state index in [0.717, 1.165) is 35.3 Å². The fraction of sp³-hybridized carbons (Fsp3) is 0.474. The molecule has 1 aromatic heterocycles. The van der Waals surface area contributed by atoms with Crippen LogP contribution >= 0.6 is 35.6 Å². The Balaban J connectivity index is 0.00000364. The molecular formula is C19H28ClIN4O2. The Bertz CT molecular complexity index is 714. The van der Waals surface area contributed by atoms with E-state index < -0.39 is 0 Å². The first-order valence-electron chi connectivity index (χ1n) is 8.65. The molecule has 2 aromatic rings. The Morgan fingerprint density at radius 1 is 1.33 bits per heavy atom. The van der Waals surface area contributed by atoms with Gasteiger partial charge in [-0.25, -0.2) is 0 Å². The monoisotopic (exact) mass is 506 g/mol. The van der Waals surface area contributed by atoms with Crippen LogP contribution in [0.25, 0.3) is 0 Å². The van der Waals surface area contributed by atoms with Gasteiger partial charge in [-0.1, -0.05) is 23.7 Å². The Labute approximate surface area is 183 Å². The molecule has 1 unspecified atom stereocenters. The average molecular weight is 507 g/mol. The maximum absolute atomic E-state index is 5.88. The zero-order valence-corrected chi connectivity index (χ0v) is 19.5. The molecule has 2 rings (SSSR count). The van der Waals surface area contributed by atoms with E-state index in [2.05, 4.69) is 22.4 Å². The highest BCUT2D eigenvalue weighted by Gasteiger charge is 2.17. The second kappa shape index (κ2) is 11.4. The SMILES string of the molecule is CN=C(NCC(C)c1c(C)noc1C)N(C)CCOc1ccc(Cl)cc1.I. The Kier molecular flexibility index (Phi) is 9.93. The summed E-state index contributed by atoms with van der Waals surface area (Å²) in [6, 6.07) is 7.36. The number of hydrogen-bond acceptors (Lipinski definition) is 4. The summed E-state index contributed by atoms with van der Waals surface area (Å²) in [6.45, 7) is 8.08. The molecule has 1 N–H and O–H groups in total. The lowest BCUT2D eigenvalue weighted by molar-refractivity contribution is 0.281. The van der Waals surface area contributed by atoms with Gasteiger partial charge in [0.15, 0.2) is 5.96 Å². The number of nitrogens with zero attached hydrogens (tertiary/aromatic N) is 3. The molecule has 0 bridgehead atoms. The summed E-state index contributed by atoms with van der Waals surface area (Å²) in [5, 5.41) is 8.13. The number of aryl methyl sites for hydroxylation is 2. The van der Waals surface area contributed by atoms with Crippen LogP contribution in [0.3, 0.4) is 0 Å². The molecule has 6 nitrogen and oxygen atoms in total. The summed E-state index contributed by atoms with van der Waals surface area (Å²) < 4.78 is 11.0. The second-order valence-electron chi connectivity index (χ2n) is 6.29. The van der Waals surface area contributed by atoms with Crippen LogP contribution in [0.4, 0.5) is 0 Å². The van der Waals surface area contributed by atoms with Gasteiger partial charge >= 0.3 is 0 Å². The Morgan fingerprint density at radius 2 is 2.00 bits per heavy atom. The average Bonchev–Trinajstić information content (AvgIpc) is 2.95. The molecule has 1 heterocycles. The summed E-state index contributed by atoms with van der Waals surface area (Å²) >= 11 is 5.88. The van der Waals surface area contributed by atoms with Crippen LogP contribution in [-0.4, -0.2) is 49.8 Å². The van der Waals surface area contributed by atoms with Crippen LogP contribution in [-0.2, 0) is 0 Å². The number of aromatic nitrogens is 1. The molecule has 8 heteroatoms. The third-order valence-electron chi connectivity index (χ3n) is 4.23. The molecule has 0 saturated heterocycles. The summed E-state index contributed by atoms with van der Waals surface area (Å²) in [7, 11) is 3.76. The normalized spacial score (nSPS) is 12.3. The number of hydrogen-bond donors (Lipinski definition) is 1. The highest BCUT2D eigenvalue weighted by Crippen LogP contribution is 2.22. The van der Waals surface area contributed by atoms with Gasteiger partial charge in [0.2, 0.25) is 0 Å². The van der Waals surface area contributed by atoms with Crippen LogP contribution in [0.5, 0.6) is 5.75 Å². The van der Waals surface area contributed by atoms with Crippen LogP contribution in [0.15, 0.2) is 33.8 Å². The van der Waals surface area contributed by atoms with Crippen molar-refractivity contribution in [2.24, 2.45) is 4.99 Å². The van der Waals surface area contributed by atoms with Gasteiger partial charge < -0.3 is 19.5 Å². The molecule has 0 radical (unpaired) electrons. The predicted octanol–water partition coefficient (Wildman–Crippen LogP) is 4.25. The number of guanidine groups is 1. The zero-order valence-electron chi connectivity index (χ0n) is 16.5. The van der Waals surface area contributed by atoms with Crippen LogP contribution in [0.1, 0.15) is 29.9 Å². The van der Waals surface area contributed by atoms with Gasteiger partial charge in [-0.05, 0) is 38.1 Å². The number of rotatable bonds is 7. The number of benzene rings is 1. The standard InChI is InChI=1S/C19H27ClN4O2.HI/c1-13(18-14(2)23-26-15(18)3)12-22-19(21-4)24(5)10-11-25-17-8-6-16(20)7-9-17;/h6-9,13H,10-12H2,1-5H3,(H,21,22);1H. The zero-order chi connectivity index (χ0) is 19.1. The van der Waals surface area contributed by atoms with E-state index in [1.165, 1.54) is 0 Å². The van der Waals surface area contributed by atoms with E-state index in [1.54, 1.807) is 7.05 Å². The van der Waals surface area contributed by atoms with Crippen molar-refractivity contribution < 1.29 is 9.26 Å². The van der Waals surface area contributed by atoms with Crippen LogP contribution < -0.4 is 10.1 Å². The molecular weight excluding hydrogens is 479 g/mol. The van der Waals surface area contributed by atoms with Crippen molar-refractivity contribution in [1.29, 1.82) is 0 Å². The number of aliphatic imine (C=N–C) groups is 1. The molecule has 0 aliphatic carbocycles. The van der Waals surface area contributed by atoms with E-state index >= 15 is 0 Å². The van der Waals surface area contributed by atoms with Crippen LogP contribution in [0, 0.1) is 13.8 Å². The van der Waals surface area contributed by atoms with Gasteiger partial charge in [-0.2, -0.15) is 0 Å². The van der Waals surface area contributed by atoms with Gasteiger partial charge in [-0.15, -0.1) is 24.0 Å². The fourth-order valence-corrected chi connectivity index (χ4v) is 2.99. The van der Waals surface area contributed by atoms with Crippen LogP contribution in [0.2, 0.25) is 5.02 Å². The van der Waals surface area contributed by atoms with Gasteiger partial charge in [0.05, 0.1) is 12.2 Å². The highest BCUT2D eigenvalue weighted by molar-refractivity contribution is 14.0. The maximum Gasteiger partial charge on any atom is 0.193 e. The Hall–Kier alpha value is -1.48. The van der Waals surface area contributed by atoms with E-state index in [-0.39, 0.29) is 29.9 Å². The molecule has 1 aromatic carbocycles. The molecule has 27 heavy (non-hydrogen) atoms. The quantitative estimate of drug-likeness (QED) is 0.346. The first-order chi connectivity index (χ1) is 12.4. The molecule has 150 valence electrons. The molecule has 1 atom stereocenters. The van der Waals surface area contributed by atoms with Crippen molar-refractivity contribution in [3.63, 3.8) is 0 Å². The first-order valence-corrected chi connectivity index (χ1v) is 9.03. The molecule has 0 fully saturated rings. The molecule has 0 spiro atoms. The van der Waals surface area contributed by atoms with Gasteiger partial charge in [0.1, 0.15) is 18.1 Å². The summed E-state index contributed by atoms with van der Waals surface area (Å²) in [4.78, 5) is 6.38. The maximum atomic E-state index is 5.88. The number of ether oxygens (including phenoxy) is 1. The number of likely N-dealkylation sites (N-methyl/N-ethyl adjacent to an activating group) is 1. The minimum atomic E-state index is 0. The predicted molar refractivity (Wildman–Crippen MR) is 121 cm³/mol. The molecule has 0 amide bonds. The van der Waals surface area contributed by atoms with Gasteiger partial charge in [0, 0.05) is 37.1 Å². The van der Waals surface area contributed by atoms with E-state index in [0.29, 0.717) is 18.2 Å². The van der Waals surface area contributed by atoms with Crippen molar-refractivity contribution >= 4 is 41.5 Å². The van der Waals surface area contributed by atoms with Gasteiger partial charge in [-0.3, -0.25) is 4.99 Å². The van der Waals surface area contributed by atoms with Crippen molar-refractivity contribution in [3.05, 3.63) is 46.3 Å². The van der Waals surface area contributed by atoms with Crippen molar-refractivity contribution in [2.75, 3.05) is 33.8 Å². The van der Waals surface area contributed by atoms with Gasteiger partial charge in [0.25, 0.3) is 0 Å². The topological polar surface area (TPSA) is 62.9 Å². The number of halogens is 2. The smallest absolute Gasteiger partial charge is 0.193 e. The molecule has 0 aliphatic heterocycles. The lowest BCUT2D eigenvalue weighted by Crippen LogP contribution is -2.42. The minimum absolute atomic E-state index is 0. The molecule has 0 aliphatic rings. The van der Waals surface area contributed by atoms with Crippen molar-refractivity contribution in [1.82, 2.24) is 15.4 Å². The molecule has 0 saturated carbocycles. The largest absolute Gasteiger partial charge is 0.492 e. The van der Waals surface area contributed by atoms with Crippen molar-refractivity contribution in [3.8, 4) is 5.75 Å². The highest BCUT2D eigenvalue weighted by atomic mass is 127. The minimum Gasteiger partial charge on any atom is -0.492 e. The lowest BCUT2D eigenvalue weighted by Gasteiger charge is -2.23. The summed E-state index contributed by atoms with van der Waals surface area (Å²) in [6.07, 6.45) is 0. The number of nitrogens with one attached hydrogen (secondary N) is 1. The third-order valence-corrected chi connectivity index (χ3v) is 4.48. The summed E-state index contributed by atoms with van der Waals surface area (Å²) in [5.41, 5.74) is 2.10.